The summed E-state index contributed by atoms with van der Waals surface area (Å²) in [6.45, 7) is 0.701. The second-order valence-electron chi connectivity index (χ2n) is 3.73. The predicted octanol–water partition coefficient (Wildman–Crippen LogP) is 1.24. The van der Waals surface area contributed by atoms with E-state index in [2.05, 4.69) is 10.3 Å². The third-order valence-corrected chi connectivity index (χ3v) is 5.22. The van der Waals surface area contributed by atoms with Crippen molar-refractivity contribution in [2.24, 2.45) is 0 Å². The number of carbonyl (C=O) groups excluding carboxylic acids is 1. The van der Waals surface area contributed by atoms with Gasteiger partial charge in [-0.1, -0.05) is 6.07 Å². The quantitative estimate of drug-likeness (QED) is 0.864. The third-order valence-electron chi connectivity index (χ3n) is 2.38. The van der Waals surface area contributed by atoms with Gasteiger partial charge in [-0.05, 0) is 12.1 Å². The standard InChI is InChI=1S/C11H15N3OS2/c12-10-3-1-2-9(14-10)11(15)13-6-8-7-16-4-5-17-8/h1-3,8H,4-7H2,(H2,12,14)(H,13,15). The molecule has 6 heteroatoms. The number of nitrogens with one attached hydrogen (secondary N) is 1. The summed E-state index contributed by atoms with van der Waals surface area (Å²) < 4.78 is 0. The van der Waals surface area contributed by atoms with E-state index < -0.39 is 0 Å². The van der Waals surface area contributed by atoms with Gasteiger partial charge < -0.3 is 11.1 Å². The number of pyridine rings is 1. The number of anilines is 1. The van der Waals surface area contributed by atoms with Gasteiger partial charge in [0.1, 0.15) is 11.5 Å². The minimum atomic E-state index is -0.145. The molecular formula is C11H15N3OS2. The molecule has 1 amide bonds. The molecule has 1 aliphatic rings. The molecule has 1 aliphatic heterocycles. The molecule has 1 unspecified atom stereocenters. The largest absolute Gasteiger partial charge is 0.384 e. The zero-order valence-electron chi connectivity index (χ0n) is 9.39. The molecule has 0 bridgehead atoms. The van der Waals surface area contributed by atoms with Crippen LogP contribution in [0.5, 0.6) is 0 Å². The first-order valence-corrected chi connectivity index (χ1v) is 7.66. The van der Waals surface area contributed by atoms with Crippen LogP contribution in [0.25, 0.3) is 0 Å². The average Bonchev–Trinajstić information content (AvgIpc) is 2.37. The van der Waals surface area contributed by atoms with Gasteiger partial charge in [0.25, 0.3) is 5.91 Å². The Morgan fingerprint density at radius 1 is 1.53 bits per heavy atom. The minimum Gasteiger partial charge on any atom is -0.384 e. The molecule has 0 saturated carbocycles. The van der Waals surface area contributed by atoms with Crippen molar-refractivity contribution in [2.45, 2.75) is 5.25 Å². The fourth-order valence-corrected chi connectivity index (χ4v) is 4.14. The van der Waals surface area contributed by atoms with Crippen LogP contribution in [-0.4, -0.2) is 39.9 Å². The molecule has 2 rings (SSSR count). The van der Waals surface area contributed by atoms with E-state index in [9.17, 15) is 4.79 Å². The molecule has 1 aromatic heterocycles. The third kappa shape index (κ3) is 3.81. The SMILES string of the molecule is Nc1cccc(C(=O)NCC2CSCCS2)n1. The minimum absolute atomic E-state index is 0.145. The van der Waals surface area contributed by atoms with Gasteiger partial charge in [-0.25, -0.2) is 4.98 Å². The van der Waals surface area contributed by atoms with Gasteiger partial charge in [0.05, 0.1) is 0 Å². The Kier molecular flexibility index (Phi) is 4.56. The smallest absolute Gasteiger partial charge is 0.270 e. The number of hydrogen-bond donors (Lipinski definition) is 2. The van der Waals surface area contributed by atoms with Crippen molar-refractivity contribution in [2.75, 3.05) is 29.5 Å². The van der Waals surface area contributed by atoms with Crippen LogP contribution in [0.2, 0.25) is 0 Å². The Morgan fingerprint density at radius 3 is 3.12 bits per heavy atom. The summed E-state index contributed by atoms with van der Waals surface area (Å²) in [6, 6.07) is 5.08. The van der Waals surface area contributed by atoms with Crippen molar-refractivity contribution >= 4 is 35.2 Å². The number of rotatable bonds is 3. The zero-order valence-corrected chi connectivity index (χ0v) is 11.0. The predicted molar refractivity (Wildman–Crippen MR) is 74.6 cm³/mol. The highest BCUT2D eigenvalue weighted by molar-refractivity contribution is 8.06. The van der Waals surface area contributed by atoms with Crippen LogP contribution in [0.1, 0.15) is 10.5 Å². The lowest BCUT2D eigenvalue weighted by Crippen LogP contribution is -2.33. The molecule has 4 nitrogen and oxygen atoms in total. The molecular weight excluding hydrogens is 254 g/mol. The number of nitrogens with two attached hydrogens (primary N) is 1. The molecule has 3 N–H and O–H groups in total. The van der Waals surface area contributed by atoms with Gasteiger partial charge in [0.2, 0.25) is 0 Å². The highest BCUT2D eigenvalue weighted by atomic mass is 32.2. The van der Waals surface area contributed by atoms with Crippen LogP contribution in [-0.2, 0) is 0 Å². The van der Waals surface area contributed by atoms with Crippen molar-refractivity contribution in [3.63, 3.8) is 0 Å². The summed E-state index contributed by atoms with van der Waals surface area (Å²) in [5, 5.41) is 3.42. The van der Waals surface area contributed by atoms with E-state index in [4.69, 9.17) is 5.73 Å². The van der Waals surface area contributed by atoms with E-state index in [0.29, 0.717) is 23.3 Å². The van der Waals surface area contributed by atoms with E-state index >= 15 is 0 Å². The van der Waals surface area contributed by atoms with Crippen LogP contribution in [0, 0.1) is 0 Å². The Bertz CT molecular complexity index is 394. The molecule has 17 heavy (non-hydrogen) atoms. The maximum Gasteiger partial charge on any atom is 0.270 e. The lowest BCUT2D eigenvalue weighted by atomic mass is 10.3. The van der Waals surface area contributed by atoms with Gasteiger partial charge >= 0.3 is 0 Å². The first-order chi connectivity index (χ1) is 8.25. The highest BCUT2D eigenvalue weighted by Gasteiger charge is 2.16. The van der Waals surface area contributed by atoms with E-state index in [1.165, 1.54) is 11.5 Å². The van der Waals surface area contributed by atoms with Crippen molar-refractivity contribution in [3.05, 3.63) is 23.9 Å². The zero-order chi connectivity index (χ0) is 12.1. The van der Waals surface area contributed by atoms with Gasteiger partial charge in [0.15, 0.2) is 0 Å². The topological polar surface area (TPSA) is 68.0 Å². The Morgan fingerprint density at radius 2 is 2.41 bits per heavy atom. The second kappa shape index (κ2) is 6.16. The maximum absolute atomic E-state index is 11.8. The van der Waals surface area contributed by atoms with Crippen molar-refractivity contribution in [3.8, 4) is 0 Å². The van der Waals surface area contributed by atoms with Gasteiger partial charge in [-0.15, -0.1) is 0 Å². The molecule has 1 aromatic rings. The monoisotopic (exact) mass is 269 g/mol. The van der Waals surface area contributed by atoms with Crippen molar-refractivity contribution in [1.29, 1.82) is 0 Å². The Balaban J connectivity index is 1.84. The normalized spacial score (nSPS) is 19.9. The highest BCUT2D eigenvalue weighted by Crippen LogP contribution is 2.23. The number of aromatic nitrogens is 1. The molecule has 92 valence electrons. The summed E-state index contributed by atoms with van der Waals surface area (Å²) in [4.78, 5) is 15.8. The molecule has 1 saturated heterocycles. The van der Waals surface area contributed by atoms with Gasteiger partial charge in [-0.3, -0.25) is 4.79 Å². The lowest BCUT2D eigenvalue weighted by molar-refractivity contribution is 0.0949. The maximum atomic E-state index is 11.8. The van der Waals surface area contributed by atoms with E-state index in [1.54, 1.807) is 18.2 Å². The van der Waals surface area contributed by atoms with Gasteiger partial charge in [0, 0.05) is 29.1 Å². The molecule has 2 heterocycles. The summed E-state index contributed by atoms with van der Waals surface area (Å²) in [7, 11) is 0. The van der Waals surface area contributed by atoms with Crippen LogP contribution >= 0.6 is 23.5 Å². The number of nitrogens with zero attached hydrogens (tertiary/aromatic N) is 1. The molecule has 0 radical (unpaired) electrons. The number of hydrogen-bond acceptors (Lipinski definition) is 5. The lowest BCUT2D eigenvalue weighted by Gasteiger charge is -2.20. The first kappa shape index (κ1) is 12.6. The average molecular weight is 269 g/mol. The summed E-state index contributed by atoms with van der Waals surface area (Å²) >= 11 is 3.87. The van der Waals surface area contributed by atoms with Crippen molar-refractivity contribution < 1.29 is 4.79 Å². The van der Waals surface area contributed by atoms with E-state index in [1.807, 2.05) is 23.5 Å². The van der Waals surface area contributed by atoms with E-state index in [0.717, 1.165) is 5.75 Å². The van der Waals surface area contributed by atoms with Gasteiger partial charge in [-0.2, -0.15) is 23.5 Å². The molecule has 0 aliphatic carbocycles. The molecule has 0 spiro atoms. The Hall–Kier alpha value is -0.880. The number of nitrogen functional groups attached to an aromatic ring is 1. The first-order valence-electron chi connectivity index (χ1n) is 5.46. The van der Waals surface area contributed by atoms with E-state index in [-0.39, 0.29) is 5.91 Å². The summed E-state index contributed by atoms with van der Waals surface area (Å²) in [5.74, 6) is 3.72. The van der Waals surface area contributed by atoms with Crippen LogP contribution in [0.15, 0.2) is 18.2 Å². The van der Waals surface area contributed by atoms with Crippen LogP contribution in [0.3, 0.4) is 0 Å². The second-order valence-corrected chi connectivity index (χ2v) is 6.28. The summed E-state index contributed by atoms with van der Waals surface area (Å²) in [5.41, 5.74) is 5.92. The fourth-order valence-electron chi connectivity index (χ4n) is 1.53. The Labute approximate surface area is 109 Å². The number of carbonyl (C=O) groups is 1. The number of thioether (sulfide) groups is 2. The summed E-state index contributed by atoms with van der Waals surface area (Å²) in [6.07, 6.45) is 0. The molecule has 1 atom stereocenters. The molecule has 1 fully saturated rings. The molecule has 0 aromatic carbocycles. The fraction of sp³-hybridized carbons (Fsp3) is 0.455. The van der Waals surface area contributed by atoms with Crippen molar-refractivity contribution in [1.82, 2.24) is 10.3 Å². The van der Waals surface area contributed by atoms with Crippen LogP contribution in [0.4, 0.5) is 5.82 Å². The van der Waals surface area contributed by atoms with Crippen LogP contribution < -0.4 is 11.1 Å². The number of amides is 1.